The SMILES string of the molecule is NC(=O)C1=C2CCCCN2CC=C1. The lowest BCUT2D eigenvalue weighted by Gasteiger charge is -2.34. The number of nitrogens with two attached hydrogens (primary N) is 1. The Labute approximate surface area is 77.9 Å². The van der Waals surface area contributed by atoms with E-state index in [4.69, 9.17) is 5.73 Å². The van der Waals surface area contributed by atoms with E-state index < -0.39 is 0 Å². The van der Waals surface area contributed by atoms with Crippen molar-refractivity contribution < 1.29 is 4.79 Å². The Morgan fingerprint density at radius 2 is 2.31 bits per heavy atom. The number of carbonyl (C=O) groups excluding carboxylic acids is 1. The number of rotatable bonds is 1. The van der Waals surface area contributed by atoms with Crippen LogP contribution < -0.4 is 5.73 Å². The standard InChI is InChI=1S/C10H14N2O/c11-10(13)8-4-3-7-12-6-2-1-5-9(8)12/h3-4H,1-2,5-7H2,(H2,11,13). The molecule has 2 N–H and O–H groups in total. The van der Waals surface area contributed by atoms with Gasteiger partial charge in [0.2, 0.25) is 5.91 Å². The van der Waals surface area contributed by atoms with E-state index in [0.717, 1.165) is 25.2 Å². The van der Waals surface area contributed by atoms with Crippen LogP contribution in [-0.4, -0.2) is 23.9 Å². The normalized spacial score (nSPS) is 21.7. The second-order valence-corrected chi connectivity index (χ2v) is 3.53. The number of carbonyl (C=O) groups is 1. The third kappa shape index (κ3) is 1.46. The van der Waals surface area contributed by atoms with Crippen LogP contribution in [0.25, 0.3) is 0 Å². The Balaban J connectivity index is 2.33. The Morgan fingerprint density at radius 3 is 3.08 bits per heavy atom. The van der Waals surface area contributed by atoms with E-state index in [1.807, 2.05) is 12.2 Å². The maximum Gasteiger partial charge on any atom is 0.250 e. The van der Waals surface area contributed by atoms with Crippen molar-refractivity contribution >= 4 is 5.91 Å². The summed E-state index contributed by atoms with van der Waals surface area (Å²) in [5, 5.41) is 0. The van der Waals surface area contributed by atoms with Crippen LogP contribution in [0.1, 0.15) is 19.3 Å². The molecule has 0 unspecified atom stereocenters. The number of piperidine rings is 1. The number of amides is 1. The van der Waals surface area contributed by atoms with Gasteiger partial charge in [-0.1, -0.05) is 6.08 Å². The number of allylic oxidation sites excluding steroid dienone is 1. The largest absolute Gasteiger partial charge is 0.370 e. The molecule has 0 spiro atoms. The Kier molecular flexibility index (Phi) is 2.08. The Morgan fingerprint density at radius 1 is 1.46 bits per heavy atom. The Bertz CT molecular complexity index is 291. The second-order valence-electron chi connectivity index (χ2n) is 3.53. The van der Waals surface area contributed by atoms with E-state index in [9.17, 15) is 4.79 Å². The summed E-state index contributed by atoms with van der Waals surface area (Å²) >= 11 is 0. The molecule has 0 bridgehead atoms. The van der Waals surface area contributed by atoms with Crippen molar-refractivity contribution in [3.05, 3.63) is 23.4 Å². The molecule has 2 heterocycles. The van der Waals surface area contributed by atoms with Crippen molar-refractivity contribution in [1.29, 1.82) is 0 Å². The lowest BCUT2D eigenvalue weighted by atomic mass is 9.99. The molecule has 0 aromatic rings. The molecule has 0 atom stereocenters. The molecular formula is C10H14N2O. The first-order valence-electron chi connectivity index (χ1n) is 4.73. The van der Waals surface area contributed by atoms with E-state index >= 15 is 0 Å². The summed E-state index contributed by atoms with van der Waals surface area (Å²) in [5.74, 6) is -0.294. The minimum atomic E-state index is -0.294. The van der Waals surface area contributed by atoms with Gasteiger partial charge in [-0.2, -0.15) is 0 Å². The van der Waals surface area contributed by atoms with Crippen LogP contribution in [0.5, 0.6) is 0 Å². The summed E-state index contributed by atoms with van der Waals surface area (Å²) in [5.41, 5.74) is 7.17. The highest BCUT2D eigenvalue weighted by atomic mass is 16.1. The van der Waals surface area contributed by atoms with Gasteiger partial charge >= 0.3 is 0 Å². The molecule has 2 aliphatic rings. The summed E-state index contributed by atoms with van der Waals surface area (Å²) in [6.45, 7) is 2.00. The average Bonchev–Trinajstić information content (AvgIpc) is 2.17. The fourth-order valence-electron chi connectivity index (χ4n) is 2.01. The zero-order valence-electron chi connectivity index (χ0n) is 7.62. The summed E-state index contributed by atoms with van der Waals surface area (Å²) < 4.78 is 0. The number of hydrogen-bond donors (Lipinski definition) is 1. The van der Waals surface area contributed by atoms with Gasteiger partial charge < -0.3 is 10.6 Å². The van der Waals surface area contributed by atoms with Crippen molar-refractivity contribution in [3.8, 4) is 0 Å². The maximum atomic E-state index is 11.1. The van der Waals surface area contributed by atoms with Crippen molar-refractivity contribution in [2.24, 2.45) is 5.73 Å². The van der Waals surface area contributed by atoms with Crippen molar-refractivity contribution in [1.82, 2.24) is 4.90 Å². The molecule has 1 saturated heterocycles. The molecular weight excluding hydrogens is 164 g/mol. The summed E-state index contributed by atoms with van der Waals surface area (Å²) in [6.07, 6.45) is 7.27. The van der Waals surface area contributed by atoms with Gasteiger partial charge in [0.15, 0.2) is 0 Å². The van der Waals surface area contributed by atoms with Crippen LogP contribution in [0, 0.1) is 0 Å². The number of nitrogens with zero attached hydrogens (tertiary/aromatic N) is 1. The number of primary amides is 1. The smallest absolute Gasteiger partial charge is 0.250 e. The zero-order chi connectivity index (χ0) is 9.26. The van der Waals surface area contributed by atoms with Gasteiger partial charge in [0, 0.05) is 18.8 Å². The molecule has 0 aromatic heterocycles. The lowest BCUT2D eigenvalue weighted by Crippen LogP contribution is -2.33. The third-order valence-corrected chi connectivity index (χ3v) is 2.66. The lowest BCUT2D eigenvalue weighted by molar-refractivity contribution is -0.114. The first-order valence-corrected chi connectivity index (χ1v) is 4.73. The van der Waals surface area contributed by atoms with Crippen molar-refractivity contribution in [3.63, 3.8) is 0 Å². The summed E-state index contributed by atoms with van der Waals surface area (Å²) in [7, 11) is 0. The zero-order valence-corrected chi connectivity index (χ0v) is 7.62. The van der Waals surface area contributed by atoms with Crippen LogP contribution in [0.4, 0.5) is 0 Å². The van der Waals surface area contributed by atoms with Crippen LogP contribution in [-0.2, 0) is 4.79 Å². The molecule has 1 fully saturated rings. The fourth-order valence-corrected chi connectivity index (χ4v) is 2.01. The molecule has 3 nitrogen and oxygen atoms in total. The quantitative estimate of drug-likeness (QED) is 0.645. The van der Waals surface area contributed by atoms with Crippen LogP contribution in [0.15, 0.2) is 23.4 Å². The fraction of sp³-hybridized carbons (Fsp3) is 0.500. The topological polar surface area (TPSA) is 46.3 Å². The number of fused-ring (bicyclic) bond motifs is 1. The van der Waals surface area contributed by atoms with Gasteiger partial charge in [-0.05, 0) is 25.3 Å². The second kappa shape index (κ2) is 3.24. The first kappa shape index (κ1) is 8.35. The van der Waals surface area contributed by atoms with Crippen LogP contribution in [0.2, 0.25) is 0 Å². The molecule has 1 amide bonds. The molecule has 2 aliphatic heterocycles. The molecule has 70 valence electrons. The highest BCUT2D eigenvalue weighted by molar-refractivity contribution is 5.95. The number of hydrogen-bond acceptors (Lipinski definition) is 2. The average molecular weight is 178 g/mol. The van der Waals surface area contributed by atoms with E-state index in [0.29, 0.717) is 5.57 Å². The van der Waals surface area contributed by atoms with Gasteiger partial charge in [0.25, 0.3) is 0 Å². The van der Waals surface area contributed by atoms with E-state index in [-0.39, 0.29) is 5.91 Å². The molecule has 0 aliphatic carbocycles. The van der Waals surface area contributed by atoms with Crippen LogP contribution >= 0.6 is 0 Å². The van der Waals surface area contributed by atoms with Gasteiger partial charge in [0.1, 0.15) is 0 Å². The first-order chi connectivity index (χ1) is 6.29. The van der Waals surface area contributed by atoms with Crippen molar-refractivity contribution in [2.45, 2.75) is 19.3 Å². The molecule has 2 rings (SSSR count). The highest BCUT2D eigenvalue weighted by Gasteiger charge is 2.21. The van der Waals surface area contributed by atoms with Crippen molar-refractivity contribution in [2.75, 3.05) is 13.1 Å². The molecule has 13 heavy (non-hydrogen) atoms. The molecule has 0 saturated carbocycles. The molecule has 0 aromatic carbocycles. The Hall–Kier alpha value is -1.25. The van der Waals surface area contributed by atoms with E-state index in [1.54, 1.807) is 0 Å². The highest BCUT2D eigenvalue weighted by Crippen LogP contribution is 2.26. The van der Waals surface area contributed by atoms with Crippen LogP contribution in [0.3, 0.4) is 0 Å². The summed E-state index contributed by atoms with van der Waals surface area (Å²) in [4.78, 5) is 13.3. The molecule has 0 radical (unpaired) electrons. The maximum absolute atomic E-state index is 11.1. The van der Waals surface area contributed by atoms with Gasteiger partial charge in [-0.3, -0.25) is 4.79 Å². The third-order valence-electron chi connectivity index (χ3n) is 2.66. The van der Waals surface area contributed by atoms with E-state index in [1.165, 1.54) is 12.8 Å². The summed E-state index contributed by atoms with van der Waals surface area (Å²) in [6, 6.07) is 0. The van der Waals surface area contributed by atoms with E-state index in [2.05, 4.69) is 4.90 Å². The van der Waals surface area contributed by atoms with Gasteiger partial charge in [0.05, 0.1) is 5.57 Å². The minimum Gasteiger partial charge on any atom is -0.370 e. The predicted molar refractivity (Wildman–Crippen MR) is 50.8 cm³/mol. The molecule has 3 heteroatoms. The van der Waals surface area contributed by atoms with Gasteiger partial charge in [-0.15, -0.1) is 0 Å². The predicted octanol–water partition coefficient (Wildman–Crippen LogP) is 0.781. The monoisotopic (exact) mass is 178 g/mol. The minimum absolute atomic E-state index is 0.294. The van der Waals surface area contributed by atoms with Gasteiger partial charge in [-0.25, -0.2) is 0 Å².